The first kappa shape index (κ1) is 19.3. The molecule has 0 N–H and O–H groups in total. The molecule has 0 bridgehead atoms. The number of fused-ring (bicyclic) bond motifs is 1. The van der Waals surface area contributed by atoms with Crippen LogP contribution in [0.1, 0.15) is 70.2 Å². The number of allylic oxidation sites excluding steroid dienone is 4. The Morgan fingerprint density at radius 2 is 1.72 bits per heavy atom. The molecule has 0 amide bonds. The van der Waals surface area contributed by atoms with Crippen molar-refractivity contribution < 1.29 is 14.3 Å². The molecule has 1 aliphatic heterocycles. The van der Waals surface area contributed by atoms with Crippen LogP contribution in [0.25, 0.3) is 0 Å². The lowest BCUT2D eigenvalue weighted by atomic mass is 9.82. The molecule has 0 aliphatic carbocycles. The third-order valence-corrected chi connectivity index (χ3v) is 4.60. The van der Waals surface area contributed by atoms with E-state index in [1.807, 2.05) is 18.2 Å². The van der Waals surface area contributed by atoms with E-state index in [4.69, 9.17) is 9.47 Å². The first-order valence-electron chi connectivity index (χ1n) is 9.02. The number of methoxy groups -OCH3 is 1. The summed E-state index contributed by atoms with van der Waals surface area (Å²) in [6.45, 7) is 8.40. The van der Waals surface area contributed by atoms with Gasteiger partial charge >= 0.3 is 0 Å². The Balaban J connectivity index is 2.29. The molecule has 3 nitrogen and oxygen atoms in total. The Hall–Kier alpha value is -2.03. The van der Waals surface area contributed by atoms with Crippen molar-refractivity contribution >= 4 is 5.78 Å². The molecular weight excluding hydrogens is 312 g/mol. The Bertz CT molecular complexity index is 653. The van der Waals surface area contributed by atoms with Crippen LogP contribution in [0, 0.1) is 0 Å². The highest BCUT2D eigenvalue weighted by Crippen LogP contribution is 2.40. The second-order valence-electron chi connectivity index (χ2n) is 7.39. The highest BCUT2D eigenvalue weighted by molar-refractivity contribution is 6.00. The molecule has 25 heavy (non-hydrogen) atoms. The number of Topliss-reactive ketones (excluding diaryl/α,β-unsaturated/α-hetero) is 1. The number of hydrogen-bond acceptors (Lipinski definition) is 3. The van der Waals surface area contributed by atoms with E-state index < -0.39 is 5.60 Å². The number of ketones is 1. The quantitative estimate of drug-likeness (QED) is 0.579. The molecule has 1 heterocycles. The van der Waals surface area contributed by atoms with Crippen LogP contribution in [-0.2, 0) is 0 Å². The SMILES string of the molecule is COc1ccc2c(c1)OC(CCC=C(C)C)(CCC=C(C)C)CC2=O. The Morgan fingerprint density at radius 3 is 2.24 bits per heavy atom. The molecule has 2 rings (SSSR count). The maximum Gasteiger partial charge on any atom is 0.170 e. The molecule has 0 spiro atoms. The summed E-state index contributed by atoms with van der Waals surface area (Å²) in [6, 6.07) is 5.47. The van der Waals surface area contributed by atoms with Gasteiger partial charge in [0.2, 0.25) is 0 Å². The minimum absolute atomic E-state index is 0.165. The van der Waals surface area contributed by atoms with Gasteiger partial charge in [-0.1, -0.05) is 23.3 Å². The van der Waals surface area contributed by atoms with Crippen molar-refractivity contribution in [2.45, 2.75) is 65.4 Å². The number of rotatable bonds is 7. The summed E-state index contributed by atoms with van der Waals surface area (Å²) >= 11 is 0. The lowest BCUT2D eigenvalue weighted by molar-refractivity contribution is 0.0292. The van der Waals surface area contributed by atoms with E-state index in [9.17, 15) is 4.79 Å². The number of carbonyl (C=O) groups is 1. The number of ether oxygens (including phenoxy) is 2. The smallest absolute Gasteiger partial charge is 0.170 e. The van der Waals surface area contributed by atoms with Gasteiger partial charge in [-0.05, 0) is 65.5 Å². The van der Waals surface area contributed by atoms with Crippen molar-refractivity contribution in [2.75, 3.05) is 7.11 Å². The summed E-state index contributed by atoms with van der Waals surface area (Å²) < 4.78 is 11.7. The molecule has 0 atom stereocenters. The minimum atomic E-state index is -0.436. The van der Waals surface area contributed by atoms with Gasteiger partial charge in [0.15, 0.2) is 5.78 Å². The van der Waals surface area contributed by atoms with Crippen molar-refractivity contribution in [3.8, 4) is 11.5 Å². The van der Waals surface area contributed by atoms with E-state index in [1.165, 1.54) is 11.1 Å². The lowest BCUT2D eigenvalue weighted by Gasteiger charge is -2.38. The van der Waals surface area contributed by atoms with Gasteiger partial charge in [0.1, 0.15) is 17.1 Å². The Labute approximate surface area is 151 Å². The third kappa shape index (κ3) is 5.22. The van der Waals surface area contributed by atoms with Crippen molar-refractivity contribution in [3.63, 3.8) is 0 Å². The average Bonchev–Trinajstić information content (AvgIpc) is 2.53. The average molecular weight is 342 g/mol. The first-order valence-corrected chi connectivity index (χ1v) is 9.02. The van der Waals surface area contributed by atoms with Gasteiger partial charge in [-0.25, -0.2) is 0 Å². The monoisotopic (exact) mass is 342 g/mol. The summed E-state index contributed by atoms with van der Waals surface area (Å²) in [5.41, 5.74) is 2.82. The van der Waals surface area contributed by atoms with Crippen LogP contribution in [0.3, 0.4) is 0 Å². The molecule has 0 unspecified atom stereocenters. The fraction of sp³-hybridized carbons (Fsp3) is 0.500. The zero-order valence-electron chi connectivity index (χ0n) is 16.1. The lowest BCUT2D eigenvalue weighted by Crippen LogP contribution is -2.42. The summed E-state index contributed by atoms with van der Waals surface area (Å²) in [5.74, 6) is 1.54. The van der Waals surface area contributed by atoms with Gasteiger partial charge in [0.25, 0.3) is 0 Å². The minimum Gasteiger partial charge on any atom is -0.497 e. The molecule has 3 heteroatoms. The Morgan fingerprint density at radius 1 is 1.12 bits per heavy atom. The fourth-order valence-corrected chi connectivity index (χ4v) is 3.25. The van der Waals surface area contributed by atoms with Gasteiger partial charge in [0, 0.05) is 6.07 Å². The van der Waals surface area contributed by atoms with Crippen LogP contribution in [0.15, 0.2) is 41.5 Å². The zero-order chi connectivity index (χ0) is 18.4. The van der Waals surface area contributed by atoms with E-state index in [1.54, 1.807) is 7.11 Å². The maximum absolute atomic E-state index is 12.7. The number of hydrogen-bond donors (Lipinski definition) is 0. The molecule has 0 saturated carbocycles. The van der Waals surface area contributed by atoms with Crippen LogP contribution in [0.2, 0.25) is 0 Å². The van der Waals surface area contributed by atoms with Gasteiger partial charge in [-0.15, -0.1) is 0 Å². The van der Waals surface area contributed by atoms with Crippen molar-refractivity contribution in [2.24, 2.45) is 0 Å². The highest BCUT2D eigenvalue weighted by atomic mass is 16.5. The molecule has 1 aromatic carbocycles. The highest BCUT2D eigenvalue weighted by Gasteiger charge is 2.39. The largest absolute Gasteiger partial charge is 0.497 e. The molecular formula is C22H30O3. The van der Waals surface area contributed by atoms with Crippen molar-refractivity contribution in [3.05, 3.63) is 47.1 Å². The molecule has 0 radical (unpaired) electrons. The summed E-state index contributed by atoms with van der Waals surface area (Å²) in [5, 5.41) is 0. The molecule has 0 saturated heterocycles. The second-order valence-corrected chi connectivity index (χ2v) is 7.39. The van der Waals surface area contributed by atoms with Crippen LogP contribution in [0.4, 0.5) is 0 Å². The second kappa shape index (κ2) is 8.37. The normalized spacial score (nSPS) is 15.0. The van der Waals surface area contributed by atoms with Gasteiger partial charge in [-0.2, -0.15) is 0 Å². The summed E-state index contributed by atoms with van der Waals surface area (Å²) in [6.07, 6.45) is 8.41. The van der Waals surface area contributed by atoms with Gasteiger partial charge < -0.3 is 9.47 Å². The van der Waals surface area contributed by atoms with Crippen LogP contribution in [0.5, 0.6) is 11.5 Å². The molecule has 136 valence electrons. The predicted molar refractivity (Wildman–Crippen MR) is 103 cm³/mol. The third-order valence-electron chi connectivity index (χ3n) is 4.60. The zero-order valence-corrected chi connectivity index (χ0v) is 16.1. The molecule has 1 aliphatic rings. The van der Waals surface area contributed by atoms with Crippen LogP contribution in [-0.4, -0.2) is 18.5 Å². The number of benzene rings is 1. The van der Waals surface area contributed by atoms with E-state index in [0.29, 0.717) is 17.7 Å². The Kier molecular flexibility index (Phi) is 6.46. The summed E-state index contributed by atoms with van der Waals surface area (Å²) in [4.78, 5) is 12.7. The van der Waals surface area contributed by atoms with Crippen molar-refractivity contribution in [1.29, 1.82) is 0 Å². The fourth-order valence-electron chi connectivity index (χ4n) is 3.25. The van der Waals surface area contributed by atoms with Gasteiger partial charge in [0.05, 0.1) is 19.1 Å². The van der Waals surface area contributed by atoms with E-state index in [0.717, 1.165) is 31.4 Å². The summed E-state index contributed by atoms with van der Waals surface area (Å²) in [7, 11) is 1.63. The molecule has 0 aromatic heterocycles. The standard InChI is InChI=1S/C22H30O3/c1-16(2)8-6-12-22(13-7-9-17(3)4)15-20(23)19-11-10-18(24-5)14-21(19)25-22/h8-11,14H,6-7,12-13,15H2,1-5H3. The molecule has 1 aromatic rings. The van der Waals surface area contributed by atoms with E-state index >= 15 is 0 Å². The maximum atomic E-state index is 12.7. The predicted octanol–water partition coefficient (Wildman–Crippen LogP) is 5.89. The van der Waals surface area contributed by atoms with Crippen molar-refractivity contribution in [1.82, 2.24) is 0 Å². The van der Waals surface area contributed by atoms with E-state index in [2.05, 4.69) is 39.8 Å². The number of carbonyl (C=O) groups excluding carboxylic acids is 1. The van der Waals surface area contributed by atoms with Gasteiger partial charge in [-0.3, -0.25) is 4.79 Å². The van der Waals surface area contributed by atoms with E-state index in [-0.39, 0.29) is 5.78 Å². The first-order chi connectivity index (χ1) is 11.8. The van der Waals surface area contributed by atoms with Crippen LogP contribution >= 0.6 is 0 Å². The van der Waals surface area contributed by atoms with Crippen LogP contribution < -0.4 is 9.47 Å². The molecule has 0 fully saturated rings. The topological polar surface area (TPSA) is 35.5 Å².